The van der Waals surface area contributed by atoms with Crippen molar-refractivity contribution in [3.05, 3.63) is 58.1 Å². The lowest BCUT2D eigenvalue weighted by Crippen LogP contribution is -2.28. The summed E-state index contributed by atoms with van der Waals surface area (Å²) in [7, 11) is 1.36. The van der Waals surface area contributed by atoms with Crippen molar-refractivity contribution in [3.63, 3.8) is 0 Å². The standard InChI is InChI=1S/C23H25N3O7/c1-3-4-11-33-23(29)15-5-7-17(8-6-15)24-22(28)16-12-21(27)25(14-16)19-10-9-18(26(30)31)13-20(19)32-2/h5-10,13,16H,3-4,11-12,14H2,1-2H3,(H,24,28)/t16-/m1/s1. The van der Waals surface area contributed by atoms with Crippen molar-refractivity contribution in [3.8, 4) is 5.75 Å². The number of amides is 2. The first kappa shape index (κ1) is 23.7. The smallest absolute Gasteiger partial charge is 0.338 e. The number of anilines is 2. The molecule has 1 heterocycles. The van der Waals surface area contributed by atoms with E-state index >= 15 is 0 Å². The van der Waals surface area contributed by atoms with Gasteiger partial charge < -0.3 is 19.7 Å². The van der Waals surface area contributed by atoms with Gasteiger partial charge in [-0.3, -0.25) is 19.7 Å². The van der Waals surface area contributed by atoms with Crippen LogP contribution in [0.2, 0.25) is 0 Å². The van der Waals surface area contributed by atoms with Gasteiger partial charge in [0.15, 0.2) is 0 Å². The molecule has 0 aliphatic carbocycles. The number of hydrogen-bond acceptors (Lipinski definition) is 7. The van der Waals surface area contributed by atoms with Gasteiger partial charge in [-0.05, 0) is 36.8 Å². The van der Waals surface area contributed by atoms with Crippen LogP contribution in [0.25, 0.3) is 0 Å². The van der Waals surface area contributed by atoms with Gasteiger partial charge in [0, 0.05) is 24.7 Å². The maximum Gasteiger partial charge on any atom is 0.338 e. The van der Waals surface area contributed by atoms with Crippen LogP contribution in [0.15, 0.2) is 42.5 Å². The minimum absolute atomic E-state index is 0.00614. The zero-order chi connectivity index (χ0) is 24.0. The van der Waals surface area contributed by atoms with E-state index < -0.39 is 16.8 Å². The molecule has 1 saturated heterocycles. The summed E-state index contributed by atoms with van der Waals surface area (Å²) in [6.45, 7) is 2.48. The Bertz CT molecular complexity index is 1050. The van der Waals surface area contributed by atoms with Crippen LogP contribution in [0.1, 0.15) is 36.5 Å². The van der Waals surface area contributed by atoms with Gasteiger partial charge in [-0.2, -0.15) is 0 Å². The Morgan fingerprint density at radius 2 is 1.94 bits per heavy atom. The quantitative estimate of drug-likeness (QED) is 0.265. The lowest BCUT2D eigenvalue weighted by atomic mass is 10.1. The predicted molar refractivity (Wildman–Crippen MR) is 120 cm³/mol. The van der Waals surface area contributed by atoms with E-state index in [9.17, 15) is 24.5 Å². The van der Waals surface area contributed by atoms with Crippen molar-refractivity contribution in [2.75, 3.05) is 30.5 Å². The molecule has 33 heavy (non-hydrogen) atoms. The van der Waals surface area contributed by atoms with Crippen LogP contribution in [-0.4, -0.2) is 43.0 Å². The summed E-state index contributed by atoms with van der Waals surface area (Å²) in [6, 6.07) is 10.3. The first-order valence-corrected chi connectivity index (χ1v) is 10.5. The zero-order valence-corrected chi connectivity index (χ0v) is 18.4. The number of ether oxygens (including phenoxy) is 2. The van der Waals surface area contributed by atoms with E-state index in [4.69, 9.17) is 9.47 Å². The molecule has 0 aromatic heterocycles. The monoisotopic (exact) mass is 455 g/mol. The fraction of sp³-hybridized carbons (Fsp3) is 0.348. The minimum Gasteiger partial charge on any atom is -0.494 e. The molecule has 174 valence electrons. The topological polar surface area (TPSA) is 128 Å². The first-order chi connectivity index (χ1) is 15.8. The number of non-ortho nitro benzene ring substituents is 1. The van der Waals surface area contributed by atoms with Crippen molar-refractivity contribution in [1.82, 2.24) is 0 Å². The van der Waals surface area contributed by atoms with Crippen molar-refractivity contribution >= 4 is 34.8 Å². The molecule has 1 N–H and O–H groups in total. The molecule has 0 unspecified atom stereocenters. The number of nitro benzene ring substituents is 1. The third-order valence-corrected chi connectivity index (χ3v) is 5.28. The fourth-order valence-electron chi connectivity index (χ4n) is 3.45. The third kappa shape index (κ3) is 5.65. The number of methoxy groups -OCH3 is 1. The van der Waals surface area contributed by atoms with E-state index in [1.54, 1.807) is 24.3 Å². The normalized spacial score (nSPS) is 15.3. The van der Waals surface area contributed by atoms with E-state index in [0.29, 0.717) is 23.5 Å². The summed E-state index contributed by atoms with van der Waals surface area (Å²) in [5, 5.41) is 13.7. The summed E-state index contributed by atoms with van der Waals surface area (Å²) in [5.41, 5.74) is 1.09. The zero-order valence-electron chi connectivity index (χ0n) is 18.4. The summed E-state index contributed by atoms with van der Waals surface area (Å²) in [5.74, 6) is -1.48. The Morgan fingerprint density at radius 3 is 2.58 bits per heavy atom. The van der Waals surface area contributed by atoms with E-state index in [1.165, 1.54) is 30.2 Å². The van der Waals surface area contributed by atoms with E-state index in [2.05, 4.69) is 5.32 Å². The number of benzene rings is 2. The highest BCUT2D eigenvalue weighted by atomic mass is 16.6. The van der Waals surface area contributed by atoms with Gasteiger partial charge in [-0.15, -0.1) is 0 Å². The highest BCUT2D eigenvalue weighted by Crippen LogP contribution is 2.36. The fourth-order valence-corrected chi connectivity index (χ4v) is 3.45. The Kier molecular flexibility index (Phi) is 7.60. The van der Waals surface area contributed by atoms with E-state index in [-0.39, 0.29) is 36.2 Å². The Morgan fingerprint density at radius 1 is 1.21 bits per heavy atom. The molecule has 10 nitrogen and oxygen atoms in total. The molecular formula is C23H25N3O7. The van der Waals surface area contributed by atoms with Gasteiger partial charge in [-0.25, -0.2) is 4.79 Å². The second-order valence-electron chi connectivity index (χ2n) is 7.57. The van der Waals surface area contributed by atoms with Crippen molar-refractivity contribution in [2.45, 2.75) is 26.2 Å². The van der Waals surface area contributed by atoms with Crippen LogP contribution in [0.3, 0.4) is 0 Å². The van der Waals surface area contributed by atoms with Gasteiger partial charge in [0.05, 0.1) is 41.9 Å². The maximum absolute atomic E-state index is 12.7. The molecule has 1 fully saturated rings. The number of unbranched alkanes of at least 4 members (excludes halogenated alkanes) is 1. The third-order valence-electron chi connectivity index (χ3n) is 5.28. The molecule has 0 radical (unpaired) electrons. The van der Waals surface area contributed by atoms with Gasteiger partial charge in [0.25, 0.3) is 5.69 Å². The highest BCUT2D eigenvalue weighted by Gasteiger charge is 2.36. The molecule has 1 aliphatic heterocycles. The van der Waals surface area contributed by atoms with Crippen LogP contribution in [0, 0.1) is 16.0 Å². The molecule has 1 atom stereocenters. The second-order valence-corrected chi connectivity index (χ2v) is 7.57. The SMILES string of the molecule is CCCCOC(=O)c1ccc(NC(=O)[C@@H]2CC(=O)N(c3ccc([N+](=O)[O-])cc3OC)C2)cc1. The molecule has 0 spiro atoms. The lowest BCUT2D eigenvalue weighted by Gasteiger charge is -2.19. The van der Waals surface area contributed by atoms with Gasteiger partial charge in [0.1, 0.15) is 5.75 Å². The summed E-state index contributed by atoms with van der Waals surface area (Å²) in [4.78, 5) is 49.1. The average Bonchev–Trinajstić information content (AvgIpc) is 3.20. The van der Waals surface area contributed by atoms with E-state index in [1.807, 2.05) is 6.92 Å². The first-order valence-electron chi connectivity index (χ1n) is 10.5. The largest absolute Gasteiger partial charge is 0.494 e. The van der Waals surface area contributed by atoms with Crippen molar-refractivity contribution in [2.24, 2.45) is 5.92 Å². The molecular weight excluding hydrogens is 430 g/mol. The second kappa shape index (κ2) is 10.6. The molecule has 3 rings (SSSR count). The van der Waals surface area contributed by atoms with Gasteiger partial charge in [-0.1, -0.05) is 13.3 Å². The lowest BCUT2D eigenvalue weighted by molar-refractivity contribution is -0.384. The summed E-state index contributed by atoms with van der Waals surface area (Å²) >= 11 is 0. The van der Waals surface area contributed by atoms with Crippen LogP contribution in [0.4, 0.5) is 17.1 Å². The molecule has 2 aromatic rings. The van der Waals surface area contributed by atoms with E-state index in [0.717, 1.165) is 12.8 Å². The molecule has 0 saturated carbocycles. The molecule has 1 aliphatic rings. The van der Waals surface area contributed by atoms with Crippen LogP contribution < -0.4 is 15.0 Å². The highest BCUT2D eigenvalue weighted by molar-refractivity contribution is 6.04. The molecule has 0 bridgehead atoms. The predicted octanol–water partition coefficient (Wildman–Crippen LogP) is 3.55. The van der Waals surface area contributed by atoms with Gasteiger partial charge >= 0.3 is 5.97 Å². The van der Waals surface area contributed by atoms with Gasteiger partial charge in [0.2, 0.25) is 11.8 Å². The number of rotatable bonds is 9. The van der Waals surface area contributed by atoms with Crippen LogP contribution in [-0.2, 0) is 14.3 Å². The number of nitrogens with zero attached hydrogens (tertiary/aromatic N) is 2. The Hall–Kier alpha value is -3.95. The number of nitro groups is 1. The Labute approximate surface area is 190 Å². The number of esters is 1. The molecule has 2 aromatic carbocycles. The van der Waals surface area contributed by atoms with Crippen molar-refractivity contribution in [1.29, 1.82) is 0 Å². The van der Waals surface area contributed by atoms with Crippen molar-refractivity contribution < 1.29 is 28.8 Å². The Balaban J connectivity index is 1.64. The molecule has 2 amide bonds. The van der Waals surface area contributed by atoms with Crippen LogP contribution >= 0.6 is 0 Å². The number of hydrogen-bond donors (Lipinski definition) is 1. The number of carbonyl (C=O) groups is 3. The maximum atomic E-state index is 12.7. The number of carbonyl (C=O) groups excluding carboxylic acids is 3. The number of nitrogens with one attached hydrogen (secondary N) is 1. The summed E-state index contributed by atoms with van der Waals surface area (Å²) < 4.78 is 10.4. The molecule has 10 heteroatoms. The van der Waals surface area contributed by atoms with Crippen LogP contribution in [0.5, 0.6) is 5.75 Å². The average molecular weight is 455 g/mol. The summed E-state index contributed by atoms with van der Waals surface area (Å²) in [6.07, 6.45) is 1.72. The minimum atomic E-state index is -0.615.